The number of nitrogens with one attached hydrogen (secondary N) is 1. The van der Waals surface area contributed by atoms with Crippen molar-refractivity contribution >= 4 is 15.7 Å². The molecule has 0 amide bonds. The van der Waals surface area contributed by atoms with E-state index in [1.807, 2.05) is 0 Å². The Kier molecular flexibility index (Phi) is 5.67. The highest BCUT2D eigenvalue weighted by atomic mass is 32.2. The standard InChI is InChI=1S/C11H17FN2O4S/c1-18-7-10(2-3-15)14-19(16,17)11-5-8(12)4-9(13)6-11/h4-6,10,14-15H,2-3,7,13H2,1H3. The van der Waals surface area contributed by atoms with Crippen molar-refractivity contribution in [3.05, 3.63) is 24.0 Å². The molecule has 0 bridgehead atoms. The maximum absolute atomic E-state index is 13.2. The Balaban J connectivity index is 2.95. The molecule has 1 unspecified atom stereocenters. The molecule has 0 saturated carbocycles. The zero-order valence-electron chi connectivity index (χ0n) is 10.5. The van der Waals surface area contributed by atoms with Gasteiger partial charge in [0.15, 0.2) is 0 Å². The lowest BCUT2D eigenvalue weighted by Crippen LogP contribution is -2.38. The number of anilines is 1. The van der Waals surface area contributed by atoms with Gasteiger partial charge in [-0.3, -0.25) is 0 Å². The Hall–Kier alpha value is -1.22. The first-order chi connectivity index (χ1) is 8.89. The average Bonchev–Trinajstić information content (AvgIpc) is 2.27. The topological polar surface area (TPSA) is 102 Å². The lowest BCUT2D eigenvalue weighted by molar-refractivity contribution is 0.158. The molecule has 0 saturated heterocycles. The molecule has 0 spiro atoms. The molecule has 6 nitrogen and oxygen atoms in total. The fraction of sp³-hybridized carbons (Fsp3) is 0.455. The minimum Gasteiger partial charge on any atom is -0.399 e. The van der Waals surface area contributed by atoms with E-state index < -0.39 is 21.9 Å². The summed E-state index contributed by atoms with van der Waals surface area (Å²) < 4.78 is 44.4. The number of halogens is 1. The number of hydrogen-bond acceptors (Lipinski definition) is 5. The van der Waals surface area contributed by atoms with Crippen LogP contribution in [0.25, 0.3) is 0 Å². The zero-order chi connectivity index (χ0) is 14.5. The van der Waals surface area contributed by atoms with Crippen molar-refractivity contribution < 1.29 is 22.7 Å². The van der Waals surface area contributed by atoms with Crippen LogP contribution in [-0.2, 0) is 14.8 Å². The quantitative estimate of drug-likeness (QED) is 0.618. The number of hydrogen-bond donors (Lipinski definition) is 3. The summed E-state index contributed by atoms with van der Waals surface area (Å²) in [6, 6.07) is 2.47. The molecular formula is C11H17FN2O4S. The number of ether oxygens (including phenoxy) is 1. The number of methoxy groups -OCH3 is 1. The summed E-state index contributed by atoms with van der Waals surface area (Å²) in [7, 11) is -2.49. The molecule has 1 atom stereocenters. The fourth-order valence-electron chi connectivity index (χ4n) is 1.56. The Labute approximate surface area is 111 Å². The van der Waals surface area contributed by atoms with Crippen LogP contribution >= 0.6 is 0 Å². The van der Waals surface area contributed by atoms with Gasteiger partial charge in [0, 0.05) is 25.4 Å². The van der Waals surface area contributed by atoms with E-state index in [1.165, 1.54) is 7.11 Å². The number of aliphatic hydroxyl groups excluding tert-OH is 1. The fourth-order valence-corrected chi connectivity index (χ4v) is 2.88. The molecule has 1 aromatic rings. The second-order valence-electron chi connectivity index (χ2n) is 4.01. The lowest BCUT2D eigenvalue weighted by Gasteiger charge is -2.17. The number of nitrogen functional groups attached to an aromatic ring is 1. The molecule has 4 N–H and O–H groups in total. The van der Waals surface area contributed by atoms with Crippen molar-refractivity contribution in [2.45, 2.75) is 17.4 Å². The molecule has 0 aliphatic heterocycles. The second-order valence-corrected chi connectivity index (χ2v) is 5.72. The van der Waals surface area contributed by atoms with Gasteiger partial charge in [0.05, 0.1) is 11.5 Å². The Morgan fingerprint density at radius 1 is 1.47 bits per heavy atom. The minimum atomic E-state index is -3.91. The SMILES string of the molecule is COCC(CCO)NS(=O)(=O)c1cc(N)cc(F)c1. The van der Waals surface area contributed by atoms with E-state index >= 15 is 0 Å². The maximum atomic E-state index is 13.2. The van der Waals surface area contributed by atoms with Crippen molar-refractivity contribution in [1.29, 1.82) is 0 Å². The van der Waals surface area contributed by atoms with E-state index in [-0.39, 0.29) is 30.2 Å². The number of sulfonamides is 1. The third-order valence-corrected chi connectivity index (χ3v) is 3.87. The molecule has 0 aromatic heterocycles. The van der Waals surface area contributed by atoms with Crippen LogP contribution in [0.4, 0.5) is 10.1 Å². The van der Waals surface area contributed by atoms with E-state index in [0.717, 1.165) is 18.2 Å². The van der Waals surface area contributed by atoms with Crippen LogP contribution in [-0.4, -0.2) is 39.9 Å². The highest BCUT2D eigenvalue weighted by molar-refractivity contribution is 7.89. The third kappa shape index (κ3) is 4.75. The normalized spacial score (nSPS) is 13.4. The minimum absolute atomic E-state index is 0.0193. The lowest BCUT2D eigenvalue weighted by atomic mass is 10.2. The summed E-state index contributed by atoms with van der Waals surface area (Å²) in [5.41, 5.74) is 5.43. The van der Waals surface area contributed by atoms with Gasteiger partial charge in [-0.25, -0.2) is 17.5 Å². The maximum Gasteiger partial charge on any atom is 0.241 e. The van der Waals surface area contributed by atoms with Crippen LogP contribution < -0.4 is 10.5 Å². The highest BCUT2D eigenvalue weighted by Gasteiger charge is 2.20. The molecule has 1 aromatic carbocycles. The number of aliphatic hydroxyl groups is 1. The molecule has 108 valence electrons. The molecule has 1 rings (SSSR count). The van der Waals surface area contributed by atoms with Gasteiger partial charge in [0.25, 0.3) is 0 Å². The van der Waals surface area contributed by atoms with Gasteiger partial charge in [-0.2, -0.15) is 0 Å². The van der Waals surface area contributed by atoms with E-state index in [2.05, 4.69) is 4.72 Å². The van der Waals surface area contributed by atoms with Gasteiger partial charge in [-0.05, 0) is 24.6 Å². The van der Waals surface area contributed by atoms with Crippen molar-refractivity contribution in [2.75, 3.05) is 26.1 Å². The molecule has 0 heterocycles. The van der Waals surface area contributed by atoms with Crippen molar-refractivity contribution in [2.24, 2.45) is 0 Å². The summed E-state index contributed by atoms with van der Waals surface area (Å²) >= 11 is 0. The summed E-state index contributed by atoms with van der Waals surface area (Å²) in [6.45, 7) is -0.0908. The van der Waals surface area contributed by atoms with E-state index in [0.29, 0.717) is 0 Å². The second kappa shape index (κ2) is 6.80. The smallest absolute Gasteiger partial charge is 0.241 e. The molecule has 0 radical (unpaired) electrons. The van der Waals surface area contributed by atoms with E-state index in [4.69, 9.17) is 15.6 Å². The van der Waals surface area contributed by atoms with Gasteiger partial charge in [-0.15, -0.1) is 0 Å². The molecule has 0 fully saturated rings. The average molecular weight is 292 g/mol. The summed E-state index contributed by atoms with van der Waals surface area (Å²) in [5, 5.41) is 8.85. The van der Waals surface area contributed by atoms with E-state index in [1.54, 1.807) is 0 Å². The number of rotatable bonds is 7. The molecule has 8 heteroatoms. The summed E-state index contributed by atoms with van der Waals surface area (Å²) in [4.78, 5) is -0.260. The van der Waals surface area contributed by atoms with Crippen molar-refractivity contribution in [3.8, 4) is 0 Å². The largest absolute Gasteiger partial charge is 0.399 e. The van der Waals surface area contributed by atoms with Crippen molar-refractivity contribution in [1.82, 2.24) is 4.72 Å². The van der Waals surface area contributed by atoms with Gasteiger partial charge in [0.1, 0.15) is 5.82 Å². The van der Waals surface area contributed by atoms with Gasteiger partial charge >= 0.3 is 0 Å². The first-order valence-electron chi connectivity index (χ1n) is 5.57. The number of nitrogens with two attached hydrogens (primary N) is 1. The van der Waals surface area contributed by atoms with Crippen LogP contribution in [0.5, 0.6) is 0 Å². The molecule has 0 aliphatic carbocycles. The first-order valence-corrected chi connectivity index (χ1v) is 7.05. The Morgan fingerprint density at radius 2 is 2.16 bits per heavy atom. The molecule has 19 heavy (non-hydrogen) atoms. The van der Waals surface area contributed by atoms with Crippen LogP contribution in [0.2, 0.25) is 0 Å². The van der Waals surface area contributed by atoms with Gasteiger partial charge in [0.2, 0.25) is 10.0 Å². The van der Waals surface area contributed by atoms with Gasteiger partial charge in [-0.1, -0.05) is 0 Å². The van der Waals surface area contributed by atoms with E-state index in [9.17, 15) is 12.8 Å². The van der Waals surface area contributed by atoms with Gasteiger partial charge < -0.3 is 15.6 Å². The Bertz CT molecular complexity index is 495. The monoisotopic (exact) mass is 292 g/mol. The first kappa shape index (κ1) is 15.8. The number of benzene rings is 1. The summed E-state index contributed by atoms with van der Waals surface area (Å²) in [6.07, 6.45) is 0.192. The predicted octanol–water partition coefficient (Wildman–Crippen LogP) is 0.0836. The molecular weight excluding hydrogens is 275 g/mol. The van der Waals surface area contributed by atoms with Crippen LogP contribution in [0.1, 0.15) is 6.42 Å². The highest BCUT2D eigenvalue weighted by Crippen LogP contribution is 2.16. The Morgan fingerprint density at radius 3 is 2.68 bits per heavy atom. The zero-order valence-corrected chi connectivity index (χ0v) is 11.3. The summed E-state index contributed by atoms with van der Waals surface area (Å²) in [5.74, 6) is -0.731. The molecule has 0 aliphatic rings. The van der Waals surface area contributed by atoms with Crippen LogP contribution in [0.3, 0.4) is 0 Å². The van der Waals surface area contributed by atoms with Crippen molar-refractivity contribution in [3.63, 3.8) is 0 Å². The van der Waals surface area contributed by atoms with Crippen LogP contribution in [0.15, 0.2) is 23.1 Å². The van der Waals surface area contributed by atoms with Crippen LogP contribution in [0, 0.1) is 5.82 Å². The predicted molar refractivity (Wildman–Crippen MR) is 68.5 cm³/mol. The third-order valence-electron chi connectivity index (χ3n) is 2.37.